The van der Waals surface area contributed by atoms with Crippen LogP contribution in [0.3, 0.4) is 0 Å². The molecule has 8 nitrogen and oxygen atoms in total. The van der Waals surface area contributed by atoms with Crippen molar-refractivity contribution in [2.75, 3.05) is 13.2 Å². The Morgan fingerprint density at radius 3 is 1.19 bits per heavy atom. The SMILES string of the molecule is CCOC(=O)/C(C=N[C@H](c1c(C)cc(C)cc1C)[C@H](N=C/C(C(=O)OCC)=C(/C)O)c1c(C)cc(C)cc1C)=C(/C)O. The highest BCUT2D eigenvalue weighted by Crippen LogP contribution is 2.41. The van der Waals surface area contributed by atoms with Gasteiger partial charge in [0.15, 0.2) is 0 Å². The minimum absolute atomic E-state index is 0.0670. The summed E-state index contributed by atoms with van der Waals surface area (Å²) in [4.78, 5) is 35.2. The Hall–Kier alpha value is -4.20. The van der Waals surface area contributed by atoms with Crippen LogP contribution in [-0.4, -0.2) is 47.8 Å². The van der Waals surface area contributed by atoms with Gasteiger partial charge < -0.3 is 19.7 Å². The molecule has 2 aromatic carbocycles. The van der Waals surface area contributed by atoms with Gasteiger partial charge in [0.1, 0.15) is 34.7 Å². The first-order chi connectivity index (χ1) is 19.7. The first kappa shape index (κ1) is 34.0. The summed E-state index contributed by atoms with van der Waals surface area (Å²) in [5, 5.41) is 20.7. The molecule has 0 unspecified atom stereocenters. The first-order valence-corrected chi connectivity index (χ1v) is 14.1. The summed E-state index contributed by atoms with van der Waals surface area (Å²) in [7, 11) is 0. The van der Waals surface area contributed by atoms with Gasteiger partial charge in [0, 0.05) is 12.4 Å². The lowest BCUT2D eigenvalue weighted by atomic mass is 9.84. The third kappa shape index (κ3) is 8.41. The normalized spacial score (nSPS) is 14.4. The van der Waals surface area contributed by atoms with E-state index < -0.39 is 24.0 Å². The number of ether oxygens (including phenoxy) is 2. The molecule has 2 atom stereocenters. The first-order valence-electron chi connectivity index (χ1n) is 14.1. The molecule has 226 valence electrons. The largest absolute Gasteiger partial charge is 0.512 e. The fraction of sp³-hybridized carbons (Fsp3) is 0.412. The summed E-state index contributed by atoms with van der Waals surface area (Å²) < 4.78 is 10.3. The average Bonchev–Trinajstić information content (AvgIpc) is 2.85. The third-order valence-corrected chi connectivity index (χ3v) is 6.87. The molecule has 0 radical (unpaired) electrons. The Balaban J connectivity index is 2.99. The van der Waals surface area contributed by atoms with Gasteiger partial charge in [0.05, 0.1) is 13.2 Å². The maximum atomic E-state index is 12.7. The van der Waals surface area contributed by atoms with Crippen molar-refractivity contribution in [3.05, 3.63) is 91.4 Å². The lowest BCUT2D eigenvalue weighted by Crippen LogP contribution is -2.17. The van der Waals surface area contributed by atoms with E-state index >= 15 is 0 Å². The molecule has 8 heteroatoms. The molecule has 0 saturated heterocycles. The van der Waals surface area contributed by atoms with E-state index in [0.717, 1.165) is 44.5 Å². The summed E-state index contributed by atoms with van der Waals surface area (Å²) in [5.41, 5.74) is 7.70. The van der Waals surface area contributed by atoms with Gasteiger partial charge in [0.25, 0.3) is 0 Å². The Bertz CT molecular complexity index is 1280. The highest BCUT2D eigenvalue weighted by molar-refractivity contribution is 6.10. The second-order valence-electron chi connectivity index (χ2n) is 10.5. The van der Waals surface area contributed by atoms with Crippen LogP contribution in [0.15, 0.2) is 56.9 Å². The lowest BCUT2D eigenvalue weighted by molar-refractivity contribution is -0.139. The van der Waals surface area contributed by atoms with Crippen LogP contribution in [0.2, 0.25) is 0 Å². The van der Waals surface area contributed by atoms with E-state index in [1.807, 2.05) is 41.5 Å². The summed E-state index contributed by atoms with van der Waals surface area (Å²) in [6, 6.07) is 6.86. The number of aliphatic hydroxyl groups is 2. The van der Waals surface area contributed by atoms with E-state index in [-0.39, 0.29) is 35.9 Å². The van der Waals surface area contributed by atoms with Crippen LogP contribution in [0.5, 0.6) is 0 Å². The van der Waals surface area contributed by atoms with Crippen LogP contribution in [0.4, 0.5) is 0 Å². The third-order valence-electron chi connectivity index (χ3n) is 6.87. The van der Waals surface area contributed by atoms with Crippen molar-refractivity contribution < 1.29 is 29.3 Å². The van der Waals surface area contributed by atoms with E-state index in [1.165, 1.54) is 26.3 Å². The Kier molecular flexibility index (Phi) is 12.3. The number of carbonyl (C=O) groups is 2. The topological polar surface area (TPSA) is 118 Å². The van der Waals surface area contributed by atoms with Gasteiger partial charge >= 0.3 is 11.9 Å². The van der Waals surface area contributed by atoms with Crippen LogP contribution in [-0.2, 0) is 19.1 Å². The quantitative estimate of drug-likeness (QED) is 0.126. The number of allylic oxidation sites excluding steroid dienone is 2. The van der Waals surface area contributed by atoms with Crippen molar-refractivity contribution in [1.82, 2.24) is 0 Å². The molecule has 0 aliphatic carbocycles. The molecular formula is C34H44N2O6. The molecule has 0 spiro atoms. The molecule has 0 aliphatic heterocycles. The molecule has 2 aromatic rings. The Labute approximate surface area is 249 Å². The fourth-order valence-electron chi connectivity index (χ4n) is 5.26. The molecular weight excluding hydrogens is 532 g/mol. The molecule has 0 amide bonds. The maximum absolute atomic E-state index is 12.7. The second-order valence-corrected chi connectivity index (χ2v) is 10.5. The monoisotopic (exact) mass is 576 g/mol. The average molecular weight is 577 g/mol. The van der Waals surface area contributed by atoms with E-state index in [2.05, 4.69) is 24.3 Å². The predicted octanol–water partition coefficient (Wildman–Crippen LogP) is 7.25. The predicted molar refractivity (Wildman–Crippen MR) is 168 cm³/mol. The van der Waals surface area contributed by atoms with E-state index in [9.17, 15) is 19.8 Å². The van der Waals surface area contributed by atoms with E-state index in [4.69, 9.17) is 19.5 Å². The number of aliphatic hydroxyl groups excluding tert-OH is 2. The molecule has 0 heterocycles. The van der Waals surface area contributed by atoms with Crippen molar-refractivity contribution in [1.29, 1.82) is 0 Å². The summed E-state index contributed by atoms with van der Waals surface area (Å²) in [6.45, 7) is 18.5. The van der Waals surface area contributed by atoms with Gasteiger partial charge in [-0.3, -0.25) is 9.98 Å². The minimum atomic E-state index is -0.691. The Morgan fingerprint density at radius 2 is 0.952 bits per heavy atom. The number of nitrogens with zero attached hydrogens (tertiary/aromatic N) is 2. The van der Waals surface area contributed by atoms with Crippen molar-refractivity contribution in [2.24, 2.45) is 9.98 Å². The Morgan fingerprint density at radius 1 is 0.667 bits per heavy atom. The van der Waals surface area contributed by atoms with Crippen LogP contribution in [0.25, 0.3) is 0 Å². The molecule has 0 bridgehead atoms. The van der Waals surface area contributed by atoms with Gasteiger partial charge in [-0.05, 0) is 103 Å². The van der Waals surface area contributed by atoms with Crippen molar-refractivity contribution in [2.45, 2.75) is 81.3 Å². The second kappa shape index (κ2) is 15.1. The van der Waals surface area contributed by atoms with E-state index in [1.54, 1.807) is 13.8 Å². The molecule has 2 rings (SSSR count). The van der Waals surface area contributed by atoms with Gasteiger partial charge in [-0.2, -0.15) is 0 Å². The molecule has 0 aliphatic rings. The van der Waals surface area contributed by atoms with Crippen LogP contribution in [0, 0.1) is 41.5 Å². The fourth-order valence-corrected chi connectivity index (χ4v) is 5.26. The number of hydrogen-bond donors (Lipinski definition) is 2. The highest BCUT2D eigenvalue weighted by Gasteiger charge is 2.30. The number of esters is 2. The number of rotatable bonds is 11. The summed E-state index contributed by atoms with van der Waals surface area (Å²) in [6.07, 6.45) is 2.66. The molecule has 42 heavy (non-hydrogen) atoms. The van der Waals surface area contributed by atoms with Gasteiger partial charge in [0.2, 0.25) is 0 Å². The maximum Gasteiger partial charge on any atom is 0.343 e. The molecule has 0 aromatic heterocycles. The zero-order chi connectivity index (χ0) is 31.7. The van der Waals surface area contributed by atoms with Crippen LogP contribution in [0.1, 0.15) is 84.3 Å². The van der Waals surface area contributed by atoms with Crippen molar-refractivity contribution in [3.8, 4) is 0 Å². The number of aliphatic imine (C=N–C) groups is 2. The summed E-state index contributed by atoms with van der Waals surface area (Å²) in [5.74, 6) is -1.83. The van der Waals surface area contributed by atoms with Crippen molar-refractivity contribution >= 4 is 24.4 Å². The number of benzene rings is 2. The summed E-state index contributed by atoms with van der Waals surface area (Å²) >= 11 is 0. The molecule has 0 saturated carbocycles. The van der Waals surface area contributed by atoms with Gasteiger partial charge in [-0.15, -0.1) is 0 Å². The lowest BCUT2D eigenvalue weighted by Gasteiger charge is -2.28. The standard InChI is InChI=1S/C34H44N2O6/c1-11-41-33(39)27(25(9)37)17-35-31(29-21(5)13-19(3)14-22(29)6)32(30-23(7)15-20(4)16-24(30)8)36-18-28(26(10)38)34(40)42-12-2/h13-18,31-32,37-38H,11-12H2,1-10H3/b27-25-,28-26+,35-17?,36-18?/t31-,32-/m1/s1. The minimum Gasteiger partial charge on any atom is -0.512 e. The zero-order valence-corrected chi connectivity index (χ0v) is 26.5. The van der Waals surface area contributed by atoms with Crippen LogP contribution >= 0.6 is 0 Å². The van der Waals surface area contributed by atoms with Gasteiger partial charge in [-0.1, -0.05) is 35.4 Å². The number of aryl methyl sites for hydroxylation is 6. The molecule has 2 N–H and O–H groups in total. The van der Waals surface area contributed by atoms with Crippen LogP contribution < -0.4 is 0 Å². The highest BCUT2D eigenvalue weighted by atomic mass is 16.5. The molecule has 0 fully saturated rings. The zero-order valence-electron chi connectivity index (χ0n) is 26.5. The van der Waals surface area contributed by atoms with Gasteiger partial charge in [-0.25, -0.2) is 9.59 Å². The number of hydrogen-bond acceptors (Lipinski definition) is 8. The van der Waals surface area contributed by atoms with E-state index in [0.29, 0.717) is 0 Å². The number of carbonyl (C=O) groups excluding carboxylic acids is 2. The smallest absolute Gasteiger partial charge is 0.343 e. The van der Waals surface area contributed by atoms with Crippen molar-refractivity contribution in [3.63, 3.8) is 0 Å².